The van der Waals surface area contributed by atoms with Crippen molar-refractivity contribution in [3.8, 4) is 0 Å². The molecule has 0 aliphatic rings. The Hall–Kier alpha value is -2.57. The van der Waals surface area contributed by atoms with E-state index in [0.29, 0.717) is 15.6 Å². The molecule has 2 amide bonds. The number of hydrogen-bond acceptors (Lipinski definition) is 4. The van der Waals surface area contributed by atoms with Crippen LogP contribution in [0.15, 0.2) is 48.5 Å². The Morgan fingerprint density at radius 1 is 1.03 bits per heavy atom. The molecule has 0 heterocycles. The Kier molecular flexibility index (Phi) is 8.96. The summed E-state index contributed by atoms with van der Waals surface area (Å²) in [6.45, 7) is 1.49. The molecular weight excluding hydrogens is 415 g/mol. The Balaban J connectivity index is 1.65. The summed E-state index contributed by atoms with van der Waals surface area (Å²) in [7, 11) is 0. The van der Waals surface area contributed by atoms with E-state index in [1.165, 1.54) is 0 Å². The van der Waals surface area contributed by atoms with Gasteiger partial charge in [0.1, 0.15) is 0 Å². The van der Waals surface area contributed by atoms with E-state index >= 15 is 0 Å². The normalized spacial score (nSPS) is 11.4. The van der Waals surface area contributed by atoms with Gasteiger partial charge in [0.05, 0.1) is 18.9 Å². The van der Waals surface area contributed by atoms with Gasteiger partial charge in [0.2, 0.25) is 5.91 Å². The number of nitrogens with one attached hydrogen (secondary N) is 2. The SMILES string of the molecule is CC(NC(=O)COC(=O)CCNC(=O)Cc1ccccc1)c1ccc(Cl)cc1Cl. The van der Waals surface area contributed by atoms with Gasteiger partial charge in [-0.25, -0.2) is 0 Å². The minimum absolute atomic E-state index is 0.0215. The lowest BCUT2D eigenvalue weighted by molar-refractivity contribution is -0.148. The average molecular weight is 437 g/mol. The highest BCUT2D eigenvalue weighted by atomic mass is 35.5. The molecule has 154 valence electrons. The van der Waals surface area contributed by atoms with E-state index in [9.17, 15) is 14.4 Å². The van der Waals surface area contributed by atoms with Crippen LogP contribution in [0.4, 0.5) is 0 Å². The van der Waals surface area contributed by atoms with Crippen molar-refractivity contribution in [2.45, 2.75) is 25.8 Å². The predicted octanol–water partition coefficient (Wildman–Crippen LogP) is 3.46. The van der Waals surface area contributed by atoms with Crippen LogP contribution in [0.25, 0.3) is 0 Å². The third-order valence-corrected chi connectivity index (χ3v) is 4.59. The van der Waals surface area contributed by atoms with Crippen molar-refractivity contribution in [3.63, 3.8) is 0 Å². The van der Waals surface area contributed by atoms with Crippen molar-refractivity contribution in [1.82, 2.24) is 10.6 Å². The maximum atomic E-state index is 12.0. The quantitative estimate of drug-likeness (QED) is 0.589. The summed E-state index contributed by atoms with van der Waals surface area (Å²) < 4.78 is 4.93. The zero-order valence-electron chi connectivity index (χ0n) is 15.9. The second kappa shape index (κ2) is 11.4. The monoisotopic (exact) mass is 436 g/mol. The van der Waals surface area contributed by atoms with E-state index in [1.54, 1.807) is 25.1 Å². The van der Waals surface area contributed by atoms with Crippen molar-refractivity contribution in [3.05, 3.63) is 69.7 Å². The first-order valence-electron chi connectivity index (χ1n) is 9.05. The zero-order chi connectivity index (χ0) is 21.2. The lowest BCUT2D eigenvalue weighted by Crippen LogP contribution is -2.32. The van der Waals surface area contributed by atoms with Gasteiger partial charge < -0.3 is 15.4 Å². The van der Waals surface area contributed by atoms with E-state index < -0.39 is 18.5 Å². The molecule has 1 atom stereocenters. The van der Waals surface area contributed by atoms with Gasteiger partial charge in [-0.15, -0.1) is 0 Å². The summed E-state index contributed by atoms with van der Waals surface area (Å²) in [5.74, 6) is -1.21. The number of hydrogen-bond donors (Lipinski definition) is 2. The first kappa shape index (κ1) is 22.7. The molecule has 2 N–H and O–H groups in total. The smallest absolute Gasteiger partial charge is 0.308 e. The Labute approximate surface area is 179 Å². The first-order chi connectivity index (χ1) is 13.8. The zero-order valence-corrected chi connectivity index (χ0v) is 17.4. The third-order valence-electron chi connectivity index (χ3n) is 4.03. The molecule has 0 bridgehead atoms. The number of carbonyl (C=O) groups excluding carboxylic acids is 3. The Morgan fingerprint density at radius 3 is 2.45 bits per heavy atom. The summed E-state index contributed by atoms with van der Waals surface area (Å²) in [6, 6.07) is 13.9. The molecule has 0 spiro atoms. The van der Waals surface area contributed by atoms with E-state index in [2.05, 4.69) is 10.6 Å². The van der Waals surface area contributed by atoms with E-state index in [0.717, 1.165) is 5.56 Å². The standard InChI is InChI=1S/C21H22Cl2N2O4/c1-14(17-8-7-16(22)12-18(17)23)25-20(27)13-29-21(28)9-10-24-19(26)11-15-5-3-2-4-6-15/h2-8,12,14H,9-11,13H2,1H3,(H,24,26)(H,25,27). The molecule has 0 aliphatic heterocycles. The molecule has 6 nitrogen and oxygen atoms in total. The molecule has 0 saturated heterocycles. The molecule has 8 heteroatoms. The lowest BCUT2D eigenvalue weighted by atomic mass is 10.1. The number of rotatable bonds is 9. The first-order valence-corrected chi connectivity index (χ1v) is 9.81. The molecule has 29 heavy (non-hydrogen) atoms. The van der Waals surface area contributed by atoms with Gasteiger partial charge >= 0.3 is 5.97 Å². The van der Waals surface area contributed by atoms with Crippen molar-refractivity contribution < 1.29 is 19.1 Å². The van der Waals surface area contributed by atoms with Gasteiger partial charge in [-0.05, 0) is 30.2 Å². The highest BCUT2D eigenvalue weighted by Gasteiger charge is 2.14. The van der Waals surface area contributed by atoms with Crippen LogP contribution in [0.3, 0.4) is 0 Å². The minimum Gasteiger partial charge on any atom is -0.456 e. The van der Waals surface area contributed by atoms with Gasteiger partial charge in [-0.2, -0.15) is 0 Å². The number of halogens is 2. The van der Waals surface area contributed by atoms with Crippen LogP contribution >= 0.6 is 23.2 Å². The van der Waals surface area contributed by atoms with Crippen molar-refractivity contribution in [1.29, 1.82) is 0 Å². The van der Waals surface area contributed by atoms with Crippen LogP contribution in [-0.4, -0.2) is 30.9 Å². The summed E-state index contributed by atoms with van der Waals surface area (Å²) in [5.41, 5.74) is 1.59. The van der Waals surface area contributed by atoms with Crippen molar-refractivity contribution in [2.24, 2.45) is 0 Å². The third kappa shape index (κ3) is 8.13. The van der Waals surface area contributed by atoms with Gasteiger partial charge in [0, 0.05) is 16.6 Å². The number of amides is 2. The summed E-state index contributed by atoms with van der Waals surface area (Å²) in [5, 5.41) is 6.29. The predicted molar refractivity (Wildman–Crippen MR) is 112 cm³/mol. The molecule has 0 aliphatic carbocycles. The van der Waals surface area contributed by atoms with Crippen LogP contribution in [0, 0.1) is 0 Å². The van der Waals surface area contributed by atoms with Gasteiger partial charge in [0.25, 0.3) is 5.91 Å². The van der Waals surface area contributed by atoms with E-state index in [4.69, 9.17) is 27.9 Å². The molecule has 2 aromatic carbocycles. The summed E-state index contributed by atoms with van der Waals surface area (Å²) in [4.78, 5) is 35.5. The van der Waals surface area contributed by atoms with Gasteiger partial charge in [-0.1, -0.05) is 59.6 Å². The number of benzene rings is 2. The van der Waals surface area contributed by atoms with Gasteiger partial charge in [0.15, 0.2) is 6.61 Å². The van der Waals surface area contributed by atoms with Gasteiger partial charge in [-0.3, -0.25) is 14.4 Å². The molecule has 0 saturated carbocycles. The number of esters is 1. The van der Waals surface area contributed by atoms with E-state index in [-0.39, 0.29) is 31.3 Å². The van der Waals surface area contributed by atoms with Crippen LogP contribution in [-0.2, 0) is 25.5 Å². The van der Waals surface area contributed by atoms with Crippen LogP contribution in [0.2, 0.25) is 10.0 Å². The lowest BCUT2D eigenvalue weighted by Gasteiger charge is -2.16. The Bertz CT molecular complexity index is 859. The number of ether oxygens (including phenoxy) is 1. The fraction of sp³-hybridized carbons (Fsp3) is 0.286. The average Bonchev–Trinajstić information content (AvgIpc) is 2.67. The minimum atomic E-state index is -0.572. The maximum Gasteiger partial charge on any atom is 0.308 e. The molecule has 2 aromatic rings. The molecular formula is C21H22Cl2N2O4. The van der Waals surface area contributed by atoms with Crippen molar-refractivity contribution in [2.75, 3.05) is 13.2 Å². The van der Waals surface area contributed by atoms with Crippen molar-refractivity contribution >= 4 is 41.0 Å². The van der Waals surface area contributed by atoms with E-state index in [1.807, 2.05) is 30.3 Å². The summed E-state index contributed by atoms with van der Waals surface area (Å²) in [6.07, 6.45) is 0.218. The molecule has 0 aromatic heterocycles. The fourth-order valence-corrected chi connectivity index (χ4v) is 3.15. The maximum absolute atomic E-state index is 12.0. The molecule has 1 unspecified atom stereocenters. The topological polar surface area (TPSA) is 84.5 Å². The molecule has 2 rings (SSSR count). The highest BCUT2D eigenvalue weighted by molar-refractivity contribution is 6.35. The van der Waals surface area contributed by atoms with Crippen LogP contribution < -0.4 is 10.6 Å². The summed E-state index contributed by atoms with van der Waals surface area (Å²) >= 11 is 12.0. The van der Waals surface area contributed by atoms with Crippen LogP contribution in [0.1, 0.15) is 30.5 Å². The second-order valence-electron chi connectivity index (χ2n) is 6.38. The molecule has 0 radical (unpaired) electrons. The largest absolute Gasteiger partial charge is 0.456 e. The highest BCUT2D eigenvalue weighted by Crippen LogP contribution is 2.25. The number of carbonyl (C=O) groups is 3. The second-order valence-corrected chi connectivity index (χ2v) is 7.22. The Morgan fingerprint density at radius 2 is 1.76 bits per heavy atom. The fourth-order valence-electron chi connectivity index (χ4n) is 2.58. The molecule has 0 fully saturated rings. The van der Waals surface area contributed by atoms with Crippen LogP contribution in [0.5, 0.6) is 0 Å².